The van der Waals surface area contributed by atoms with Gasteiger partial charge in [-0.15, -0.1) is 0 Å². The summed E-state index contributed by atoms with van der Waals surface area (Å²) in [7, 11) is 0. The molecule has 4 nitrogen and oxygen atoms in total. The monoisotopic (exact) mass is 455 g/mol. The van der Waals surface area contributed by atoms with Crippen molar-refractivity contribution in [3.63, 3.8) is 0 Å². The lowest BCUT2D eigenvalue weighted by Crippen LogP contribution is -2.47. The Morgan fingerprint density at radius 2 is 1.58 bits per heavy atom. The molecule has 2 saturated heterocycles. The maximum Gasteiger partial charge on any atom is 0.0608 e. The van der Waals surface area contributed by atoms with Crippen LogP contribution >= 0.6 is 0 Å². The number of rotatable bonds is 8. The molecule has 0 unspecified atom stereocenters. The van der Waals surface area contributed by atoms with E-state index in [2.05, 4.69) is 60.6 Å². The van der Waals surface area contributed by atoms with Crippen molar-refractivity contribution in [3.05, 3.63) is 23.8 Å². The van der Waals surface area contributed by atoms with E-state index in [9.17, 15) is 0 Å². The summed E-state index contributed by atoms with van der Waals surface area (Å²) in [5.74, 6) is 0.715. The lowest BCUT2D eigenvalue weighted by Gasteiger charge is -2.40. The molecule has 1 aromatic rings. The van der Waals surface area contributed by atoms with Crippen LogP contribution in [0.5, 0.6) is 0 Å². The molecule has 0 amide bonds. The molecule has 0 aromatic heterocycles. The van der Waals surface area contributed by atoms with Gasteiger partial charge in [0.15, 0.2) is 0 Å². The standard InChI is InChI=1S/C29H49N3O/c1-5-7-16-30-19-21-32(22-20-30)28-9-8-25(31-17-12-26(13-18-31)33-6-2)23-27(28)24-10-14-29(3,4)15-11-24/h8-9,23-24,26H,5-7,10-22H2,1-4H3. The van der Waals surface area contributed by atoms with Crippen LogP contribution < -0.4 is 9.80 Å². The van der Waals surface area contributed by atoms with E-state index in [1.54, 1.807) is 5.56 Å². The highest BCUT2D eigenvalue weighted by atomic mass is 16.5. The molecule has 4 heteroatoms. The zero-order chi connectivity index (χ0) is 23.3. The predicted molar refractivity (Wildman–Crippen MR) is 142 cm³/mol. The molecule has 0 spiro atoms. The lowest BCUT2D eigenvalue weighted by atomic mass is 9.71. The van der Waals surface area contributed by atoms with Crippen LogP contribution in [0.25, 0.3) is 0 Å². The van der Waals surface area contributed by atoms with E-state index in [4.69, 9.17) is 4.74 Å². The van der Waals surface area contributed by atoms with Crippen LogP contribution in [-0.4, -0.2) is 63.4 Å². The topological polar surface area (TPSA) is 19.0 Å². The van der Waals surface area contributed by atoms with Crippen molar-refractivity contribution < 1.29 is 4.74 Å². The highest BCUT2D eigenvalue weighted by molar-refractivity contribution is 5.63. The smallest absolute Gasteiger partial charge is 0.0608 e. The second-order valence-corrected chi connectivity index (χ2v) is 11.5. The molecule has 1 saturated carbocycles. The van der Waals surface area contributed by atoms with E-state index >= 15 is 0 Å². The Kier molecular flexibility index (Phi) is 8.62. The van der Waals surface area contributed by atoms with Gasteiger partial charge >= 0.3 is 0 Å². The van der Waals surface area contributed by atoms with Crippen molar-refractivity contribution in [2.45, 2.75) is 91.1 Å². The van der Waals surface area contributed by atoms with Crippen LogP contribution in [0.4, 0.5) is 11.4 Å². The van der Waals surface area contributed by atoms with Gasteiger partial charge in [-0.2, -0.15) is 0 Å². The zero-order valence-corrected chi connectivity index (χ0v) is 22.0. The minimum atomic E-state index is 0.453. The summed E-state index contributed by atoms with van der Waals surface area (Å²) in [6, 6.07) is 7.47. The number of unbranched alkanes of at least 4 members (excludes halogenated alkanes) is 1. The number of nitrogens with zero attached hydrogens (tertiary/aromatic N) is 3. The van der Waals surface area contributed by atoms with Gasteiger partial charge in [0, 0.05) is 57.3 Å². The molecule has 0 radical (unpaired) electrons. The van der Waals surface area contributed by atoms with Crippen LogP contribution in [0.15, 0.2) is 18.2 Å². The second kappa shape index (κ2) is 11.4. The first-order chi connectivity index (χ1) is 16.0. The molecule has 33 heavy (non-hydrogen) atoms. The lowest BCUT2D eigenvalue weighted by molar-refractivity contribution is 0.0459. The average molecular weight is 456 g/mol. The van der Waals surface area contributed by atoms with E-state index in [1.807, 2.05) is 0 Å². The summed E-state index contributed by atoms with van der Waals surface area (Å²) in [5.41, 5.74) is 5.12. The van der Waals surface area contributed by atoms with Crippen molar-refractivity contribution in [3.8, 4) is 0 Å². The van der Waals surface area contributed by atoms with Gasteiger partial charge in [0.05, 0.1) is 6.10 Å². The SMILES string of the molecule is CCCCN1CCN(c2ccc(N3CCC(OCC)CC3)cc2C2CCC(C)(C)CC2)CC1. The molecular formula is C29H49N3O. The minimum Gasteiger partial charge on any atom is -0.378 e. The highest BCUT2D eigenvalue weighted by Crippen LogP contribution is 2.46. The van der Waals surface area contributed by atoms with Crippen LogP contribution in [0.2, 0.25) is 0 Å². The van der Waals surface area contributed by atoms with Gasteiger partial charge in [-0.1, -0.05) is 27.2 Å². The number of piperidine rings is 1. The van der Waals surface area contributed by atoms with Gasteiger partial charge in [-0.25, -0.2) is 0 Å². The van der Waals surface area contributed by atoms with Gasteiger partial charge in [-0.3, -0.25) is 4.90 Å². The largest absolute Gasteiger partial charge is 0.378 e. The fraction of sp³-hybridized carbons (Fsp3) is 0.793. The zero-order valence-electron chi connectivity index (χ0n) is 22.0. The van der Waals surface area contributed by atoms with E-state index in [1.165, 1.54) is 82.6 Å². The molecule has 0 bridgehead atoms. The van der Waals surface area contributed by atoms with Crippen molar-refractivity contribution in [2.75, 3.05) is 62.2 Å². The fourth-order valence-corrected chi connectivity index (χ4v) is 6.17. The molecule has 0 atom stereocenters. The van der Waals surface area contributed by atoms with E-state index < -0.39 is 0 Å². The first-order valence-corrected chi connectivity index (χ1v) is 14.0. The Labute approximate surface area is 203 Å². The third-order valence-corrected chi connectivity index (χ3v) is 8.54. The number of hydrogen-bond donors (Lipinski definition) is 0. The number of piperazine rings is 1. The van der Waals surface area contributed by atoms with Gasteiger partial charge in [-0.05, 0) is 93.5 Å². The average Bonchev–Trinajstić information content (AvgIpc) is 2.83. The Hall–Kier alpha value is -1.26. The van der Waals surface area contributed by atoms with Crippen molar-refractivity contribution in [1.29, 1.82) is 0 Å². The summed E-state index contributed by atoms with van der Waals surface area (Å²) >= 11 is 0. The fourth-order valence-electron chi connectivity index (χ4n) is 6.17. The number of anilines is 2. The first-order valence-electron chi connectivity index (χ1n) is 14.0. The Balaban J connectivity index is 1.50. The van der Waals surface area contributed by atoms with Crippen LogP contribution in [0.1, 0.15) is 90.5 Å². The maximum absolute atomic E-state index is 5.90. The maximum atomic E-state index is 5.90. The van der Waals surface area contributed by atoms with Gasteiger partial charge in [0.2, 0.25) is 0 Å². The van der Waals surface area contributed by atoms with Gasteiger partial charge in [0.25, 0.3) is 0 Å². The summed E-state index contributed by atoms with van der Waals surface area (Å²) in [5, 5.41) is 0. The van der Waals surface area contributed by atoms with Crippen molar-refractivity contribution >= 4 is 11.4 Å². The summed E-state index contributed by atoms with van der Waals surface area (Å²) in [4.78, 5) is 7.97. The molecule has 2 heterocycles. The van der Waals surface area contributed by atoms with E-state index in [-0.39, 0.29) is 0 Å². The Bertz CT molecular complexity index is 722. The van der Waals surface area contributed by atoms with E-state index in [0.717, 1.165) is 32.5 Å². The number of ether oxygens (including phenoxy) is 1. The van der Waals surface area contributed by atoms with Crippen LogP contribution in [0.3, 0.4) is 0 Å². The molecule has 186 valence electrons. The first kappa shape index (κ1) is 24.9. The second-order valence-electron chi connectivity index (χ2n) is 11.5. The van der Waals surface area contributed by atoms with Gasteiger partial charge < -0.3 is 14.5 Å². The molecule has 0 N–H and O–H groups in total. The summed E-state index contributed by atoms with van der Waals surface area (Å²) in [6.07, 6.45) is 10.8. The highest BCUT2D eigenvalue weighted by Gasteiger charge is 2.31. The Morgan fingerprint density at radius 3 is 2.21 bits per heavy atom. The quantitative estimate of drug-likeness (QED) is 0.458. The third-order valence-electron chi connectivity index (χ3n) is 8.54. The minimum absolute atomic E-state index is 0.453. The van der Waals surface area contributed by atoms with Crippen LogP contribution in [0, 0.1) is 5.41 Å². The molecular weight excluding hydrogens is 406 g/mol. The molecule has 1 aliphatic carbocycles. The van der Waals surface area contributed by atoms with Crippen LogP contribution in [-0.2, 0) is 4.74 Å². The molecule has 1 aromatic carbocycles. The normalized spacial score (nSPS) is 23.3. The third kappa shape index (κ3) is 6.45. The summed E-state index contributed by atoms with van der Waals surface area (Å²) in [6.45, 7) is 18.5. The molecule has 2 aliphatic heterocycles. The molecule has 4 rings (SSSR count). The van der Waals surface area contributed by atoms with Crippen molar-refractivity contribution in [1.82, 2.24) is 4.90 Å². The number of benzene rings is 1. The van der Waals surface area contributed by atoms with Crippen molar-refractivity contribution in [2.24, 2.45) is 5.41 Å². The molecule has 3 aliphatic rings. The van der Waals surface area contributed by atoms with E-state index in [0.29, 0.717) is 17.4 Å². The number of hydrogen-bond acceptors (Lipinski definition) is 4. The summed E-state index contributed by atoms with van der Waals surface area (Å²) < 4.78 is 5.90. The molecule has 3 fully saturated rings. The Morgan fingerprint density at radius 1 is 0.879 bits per heavy atom. The van der Waals surface area contributed by atoms with Gasteiger partial charge in [0.1, 0.15) is 0 Å². The predicted octanol–water partition coefficient (Wildman–Crippen LogP) is 6.30.